The Kier molecular flexibility index (Phi) is 4.32. The highest BCUT2D eigenvalue weighted by atomic mass is 35.5. The van der Waals surface area contributed by atoms with Gasteiger partial charge in [0, 0.05) is 26.1 Å². The molecule has 0 aliphatic carbocycles. The van der Waals surface area contributed by atoms with E-state index in [1.807, 2.05) is 25.2 Å². The topological polar surface area (TPSA) is 41.6 Å². The van der Waals surface area contributed by atoms with E-state index in [9.17, 15) is 4.79 Å². The molecule has 2 rings (SSSR count). The highest BCUT2D eigenvalue weighted by Crippen LogP contribution is 2.30. The minimum absolute atomic E-state index is 0.0173. The molecule has 1 aromatic carbocycles. The van der Waals surface area contributed by atoms with Gasteiger partial charge in [-0.05, 0) is 31.7 Å². The summed E-state index contributed by atoms with van der Waals surface area (Å²) in [6.07, 6.45) is 0.301. The number of halogens is 1. The van der Waals surface area contributed by atoms with E-state index in [4.69, 9.17) is 16.3 Å². The van der Waals surface area contributed by atoms with Gasteiger partial charge in [-0.25, -0.2) is 0 Å². The summed E-state index contributed by atoms with van der Waals surface area (Å²) in [5.74, 6) is 0.589. The van der Waals surface area contributed by atoms with E-state index < -0.39 is 6.10 Å². The third-order valence-electron chi connectivity index (χ3n) is 3.54. The molecule has 1 amide bonds. The van der Waals surface area contributed by atoms with Crippen LogP contribution in [0.2, 0.25) is 5.02 Å². The van der Waals surface area contributed by atoms with Gasteiger partial charge in [0.15, 0.2) is 6.10 Å². The van der Waals surface area contributed by atoms with E-state index in [0.29, 0.717) is 17.2 Å². The molecular weight excluding hydrogens is 264 g/mol. The maximum atomic E-state index is 11.8. The summed E-state index contributed by atoms with van der Waals surface area (Å²) in [5.41, 5.74) is 1.09. The lowest BCUT2D eigenvalue weighted by Gasteiger charge is -2.16. The van der Waals surface area contributed by atoms with Crippen LogP contribution in [-0.4, -0.2) is 37.6 Å². The fraction of sp³-hybridized carbons (Fsp3) is 0.500. The Hall–Kier alpha value is -1.26. The SMILES string of the molecule is CNC(C)c1ccc(OC2CCN(C)C2=O)c(Cl)c1. The average molecular weight is 283 g/mol. The molecule has 0 aromatic heterocycles. The Balaban J connectivity index is 2.11. The molecule has 2 unspecified atom stereocenters. The Morgan fingerprint density at radius 1 is 1.53 bits per heavy atom. The molecule has 1 saturated heterocycles. The number of ether oxygens (including phenoxy) is 1. The average Bonchev–Trinajstić information content (AvgIpc) is 2.72. The minimum Gasteiger partial charge on any atom is -0.479 e. The van der Waals surface area contributed by atoms with Crippen molar-refractivity contribution in [1.29, 1.82) is 0 Å². The van der Waals surface area contributed by atoms with Crippen LogP contribution in [0.3, 0.4) is 0 Å². The zero-order chi connectivity index (χ0) is 14.0. The van der Waals surface area contributed by atoms with Crippen molar-refractivity contribution in [3.05, 3.63) is 28.8 Å². The van der Waals surface area contributed by atoms with E-state index in [2.05, 4.69) is 12.2 Å². The third-order valence-corrected chi connectivity index (χ3v) is 3.83. The summed E-state index contributed by atoms with van der Waals surface area (Å²) >= 11 is 6.22. The standard InChI is InChI=1S/C14H19ClN2O2/c1-9(16-2)10-4-5-12(11(15)8-10)19-13-6-7-17(3)14(13)18/h4-5,8-9,13,16H,6-7H2,1-3H3. The van der Waals surface area contributed by atoms with Crippen LogP contribution < -0.4 is 10.1 Å². The molecule has 1 N–H and O–H groups in total. The molecule has 104 valence electrons. The highest BCUT2D eigenvalue weighted by molar-refractivity contribution is 6.32. The van der Waals surface area contributed by atoms with Gasteiger partial charge in [0.2, 0.25) is 0 Å². The van der Waals surface area contributed by atoms with Crippen LogP contribution in [0, 0.1) is 0 Å². The quantitative estimate of drug-likeness (QED) is 0.921. The second kappa shape index (κ2) is 5.80. The molecule has 1 fully saturated rings. The number of nitrogens with one attached hydrogen (secondary N) is 1. The second-order valence-corrected chi connectivity index (χ2v) is 5.26. The maximum Gasteiger partial charge on any atom is 0.263 e. The van der Waals surface area contributed by atoms with Crippen LogP contribution in [0.4, 0.5) is 0 Å². The first kappa shape index (κ1) is 14.2. The molecule has 2 atom stereocenters. The van der Waals surface area contributed by atoms with Gasteiger partial charge < -0.3 is 15.0 Å². The van der Waals surface area contributed by atoms with Crippen molar-refractivity contribution in [2.24, 2.45) is 0 Å². The van der Waals surface area contributed by atoms with Crippen LogP contribution in [-0.2, 0) is 4.79 Å². The van der Waals surface area contributed by atoms with Crippen molar-refractivity contribution in [2.45, 2.75) is 25.5 Å². The Morgan fingerprint density at radius 2 is 2.26 bits per heavy atom. The Bertz CT molecular complexity index is 479. The number of rotatable bonds is 4. The third kappa shape index (κ3) is 3.01. The largest absolute Gasteiger partial charge is 0.479 e. The van der Waals surface area contributed by atoms with E-state index in [1.54, 1.807) is 11.9 Å². The number of benzene rings is 1. The normalized spacial score (nSPS) is 20.7. The number of carbonyl (C=O) groups excluding carboxylic acids is 1. The van der Waals surface area contributed by atoms with Crippen LogP contribution >= 0.6 is 11.6 Å². The number of nitrogens with zero attached hydrogens (tertiary/aromatic N) is 1. The second-order valence-electron chi connectivity index (χ2n) is 4.86. The molecule has 1 aliphatic heterocycles. The summed E-state index contributed by atoms with van der Waals surface area (Å²) in [4.78, 5) is 13.5. The zero-order valence-corrected chi connectivity index (χ0v) is 12.2. The van der Waals surface area contributed by atoms with Crippen molar-refractivity contribution >= 4 is 17.5 Å². The number of hydrogen-bond donors (Lipinski definition) is 1. The molecule has 0 saturated carbocycles. The van der Waals surface area contributed by atoms with Gasteiger partial charge in [-0.3, -0.25) is 4.79 Å². The summed E-state index contributed by atoms with van der Waals surface area (Å²) < 4.78 is 5.71. The van der Waals surface area contributed by atoms with Crippen molar-refractivity contribution in [3.63, 3.8) is 0 Å². The predicted octanol–water partition coefficient (Wildman–Crippen LogP) is 2.23. The molecule has 19 heavy (non-hydrogen) atoms. The summed E-state index contributed by atoms with van der Waals surface area (Å²) in [6, 6.07) is 5.90. The van der Waals surface area contributed by atoms with Crippen LogP contribution in [0.5, 0.6) is 5.75 Å². The molecule has 1 aromatic rings. The summed E-state index contributed by atoms with van der Waals surface area (Å²) in [7, 11) is 3.68. The lowest BCUT2D eigenvalue weighted by molar-refractivity contribution is -0.132. The first-order valence-electron chi connectivity index (χ1n) is 6.41. The van der Waals surface area contributed by atoms with Crippen molar-refractivity contribution < 1.29 is 9.53 Å². The van der Waals surface area contributed by atoms with Gasteiger partial charge in [0.25, 0.3) is 5.91 Å². The molecule has 1 heterocycles. The number of likely N-dealkylation sites (tertiary alicyclic amines) is 1. The Labute approximate surface area is 118 Å². The predicted molar refractivity (Wildman–Crippen MR) is 75.6 cm³/mol. The first-order valence-corrected chi connectivity index (χ1v) is 6.79. The number of likely N-dealkylation sites (N-methyl/N-ethyl adjacent to an activating group) is 1. The van der Waals surface area contributed by atoms with E-state index in [0.717, 1.165) is 12.1 Å². The van der Waals surface area contributed by atoms with Gasteiger partial charge in [-0.2, -0.15) is 0 Å². The number of hydrogen-bond acceptors (Lipinski definition) is 3. The molecule has 4 nitrogen and oxygen atoms in total. The number of amides is 1. The molecule has 1 aliphatic rings. The molecule has 0 radical (unpaired) electrons. The Morgan fingerprint density at radius 3 is 2.79 bits per heavy atom. The fourth-order valence-electron chi connectivity index (χ4n) is 2.10. The summed E-state index contributed by atoms with van der Waals surface area (Å²) in [5, 5.41) is 3.70. The lowest BCUT2D eigenvalue weighted by atomic mass is 10.1. The molecular formula is C14H19ClN2O2. The van der Waals surface area contributed by atoms with Gasteiger partial charge >= 0.3 is 0 Å². The molecule has 0 spiro atoms. The van der Waals surface area contributed by atoms with Gasteiger partial charge in [0.05, 0.1) is 5.02 Å². The van der Waals surface area contributed by atoms with Gasteiger partial charge in [-0.1, -0.05) is 17.7 Å². The zero-order valence-electron chi connectivity index (χ0n) is 11.4. The first-order chi connectivity index (χ1) is 9.02. The lowest BCUT2D eigenvalue weighted by Crippen LogP contribution is -2.29. The monoisotopic (exact) mass is 282 g/mol. The van der Waals surface area contributed by atoms with Gasteiger partial charge in [0.1, 0.15) is 5.75 Å². The van der Waals surface area contributed by atoms with Crippen molar-refractivity contribution in [2.75, 3.05) is 20.6 Å². The fourth-order valence-corrected chi connectivity index (χ4v) is 2.34. The van der Waals surface area contributed by atoms with Gasteiger partial charge in [-0.15, -0.1) is 0 Å². The van der Waals surface area contributed by atoms with Crippen LogP contribution in [0.15, 0.2) is 18.2 Å². The van der Waals surface area contributed by atoms with Crippen LogP contribution in [0.25, 0.3) is 0 Å². The van der Waals surface area contributed by atoms with Crippen molar-refractivity contribution in [1.82, 2.24) is 10.2 Å². The van der Waals surface area contributed by atoms with Crippen molar-refractivity contribution in [3.8, 4) is 5.75 Å². The maximum absolute atomic E-state index is 11.8. The summed E-state index contributed by atoms with van der Waals surface area (Å²) in [6.45, 7) is 2.79. The minimum atomic E-state index is -0.407. The van der Waals surface area contributed by atoms with E-state index in [1.165, 1.54) is 0 Å². The van der Waals surface area contributed by atoms with E-state index in [-0.39, 0.29) is 11.9 Å². The smallest absolute Gasteiger partial charge is 0.263 e. The van der Waals surface area contributed by atoms with E-state index >= 15 is 0 Å². The van der Waals surface area contributed by atoms with Crippen LogP contribution in [0.1, 0.15) is 24.9 Å². The highest BCUT2D eigenvalue weighted by Gasteiger charge is 2.31. The molecule has 5 heteroatoms. The number of carbonyl (C=O) groups is 1. The molecule has 0 bridgehead atoms.